The Balaban J connectivity index is 2.21. The van der Waals surface area contributed by atoms with Crippen LogP contribution in [0.2, 0.25) is 5.02 Å². The van der Waals surface area contributed by atoms with E-state index < -0.39 is 0 Å². The molecular formula is C14H19ClN2O2S. The average molecular weight is 315 g/mol. The molecule has 110 valence electrons. The summed E-state index contributed by atoms with van der Waals surface area (Å²) in [5.41, 5.74) is 1.04. The van der Waals surface area contributed by atoms with Crippen LogP contribution in [0.4, 0.5) is 5.69 Å². The van der Waals surface area contributed by atoms with Crippen molar-refractivity contribution in [2.24, 2.45) is 10.4 Å². The molecule has 1 aromatic carbocycles. The summed E-state index contributed by atoms with van der Waals surface area (Å²) in [6.45, 7) is 5.24. The maximum absolute atomic E-state index is 6.15. The first-order valence-corrected chi connectivity index (χ1v) is 7.67. The summed E-state index contributed by atoms with van der Waals surface area (Å²) in [7, 11) is 3.20. The highest BCUT2D eigenvalue weighted by molar-refractivity contribution is 8.14. The largest absolute Gasteiger partial charge is 0.495 e. The molecule has 0 aliphatic carbocycles. The smallest absolute Gasteiger partial charge is 0.161 e. The van der Waals surface area contributed by atoms with Crippen molar-refractivity contribution < 1.29 is 9.47 Å². The number of hydrogen-bond acceptors (Lipinski definition) is 5. The summed E-state index contributed by atoms with van der Waals surface area (Å²) in [6, 6.07) is 3.56. The Morgan fingerprint density at radius 1 is 1.25 bits per heavy atom. The summed E-state index contributed by atoms with van der Waals surface area (Å²) in [4.78, 5) is 4.56. The van der Waals surface area contributed by atoms with Crippen LogP contribution in [-0.2, 0) is 0 Å². The normalized spacial score (nSPS) is 17.4. The Bertz CT molecular complexity index is 532. The topological polar surface area (TPSA) is 42.9 Å². The van der Waals surface area contributed by atoms with Gasteiger partial charge >= 0.3 is 0 Å². The van der Waals surface area contributed by atoms with E-state index in [1.54, 1.807) is 38.1 Å². The van der Waals surface area contributed by atoms with Crippen molar-refractivity contribution in [1.29, 1.82) is 0 Å². The van der Waals surface area contributed by atoms with Crippen LogP contribution in [0.15, 0.2) is 17.1 Å². The van der Waals surface area contributed by atoms with Crippen LogP contribution in [0.1, 0.15) is 13.8 Å². The second-order valence-electron chi connectivity index (χ2n) is 5.39. The number of ether oxygens (including phenoxy) is 2. The molecule has 0 atom stereocenters. The van der Waals surface area contributed by atoms with Crippen LogP contribution in [-0.4, -0.2) is 31.7 Å². The molecule has 0 radical (unpaired) electrons. The van der Waals surface area contributed by atoms with E-state index >= 15 is 0 Å². The van der Waals surface area contributed by atoms with Gasteiger partial charge < -0.3 is 14.8 Å². The van der Waals surface area contributed by atoms with Crippen molar-refractivity contribution >= 4 is 34.2 Å². The number of aliphatic imine (C=N–C) groups is 1. The molecule has 0 amide bonds. The minimum absolute atomic E-state index is 0.248. The molecule has 6 heteroatoms. The molecule has 0 fully saturated rings. The summed E-state index contributed by atoms with van der Waals surface area (Å²) in [6.07, 6.45) is 0. The number of anilines is 1. The maximum Gasteiger partial charge on any atom is 0.161 e. The van der Waals surface area contributed by atoms with Crippen LogP contribution in [0.25, 0.3) is 0 Å². The number of nitrogens with zero attached hydrogens (tertiary/aromatic N) is 1. The third kappa shape index (κ3) is 3.52. The Kier molecular flexibility index (Phi) is 4.70. The van der Waals surface area contributed by atoms with Gasteiger partial charge in [-0.1, -0.05) is 37.2 Å². The summed E-state index contributed by atoms with van der Waals surface area (Å²) in [5.74, 6) is 2.30. The van der Waals surface area contributed by atoms with E-state index in [0.717, 1.165) is 23.2 Å². The molecule has 0 spiro atoms. The van der Waals surface area contributed by atoms with E-state index in [-0.39, 0.29) is 5.41 Å². The Labute approximate surface area is 128 Å². The lowest BCUT2D eigenvalue weighted by atomic mass is 9.97. The predicted molar refractivity (Wildman–Crippen MR) is 86.7 cm³/mol. The van der Waals surface area contributed by atoms with Gasteiger partial charge in [-0.3, -0.25) is 4.99 Å². The summed E-state index contributed by atoms with van der Waals surface area (Å²) >= 11 is 7.86. The SMILES string of the molecule is COc1cc(OC)c(NC2=NCC(C)(C)CS2)cc1Cl. The molecule has 1 heterocycles. The third-order valence-electron chi connectivity index (χ3n) is 2.97. The number of halogens is 1. The minimum Gasteiger partial charge on any atom is -0.495 e. The quantitative estimate of drug-likeness (QED) is 0.919. The Morgan fingerprint density at radius 3 is 2.50 bits per heavy atom. The molecular weight excluding hydrogens is 296 g/mol. The van der Waals surface area contributed by atoms with Gasteiger partial charge in [0.15, 0.2) is 5.17 Å². The van der Waals surface area contributed by atoms with Gasteiger partial charge in [0.05, 0.1) is 24.9 Å². The van der Waals surface area contributed by atoms with Crippen molar-refractivity contribution in [2.45, 2.75) is 13.8 Å². The van der Waals surface area contributed by atoms with E-state index in [1.165, 1.54) is 0 Å². The number of thioether (sulfide) groups is 1. The molecule has 2 rings (SSSR count). The molecule has 0 aromatic heterocycles. The maximum atomic E-state index is 6.15. The lowest BCUT2D eigenvalue weighted by molar-refractivity contribution is 0.396. The lowest BCUT2D eigenvalue weighted by Crippen LogP contribution is -2.27. The van der Waals surface area contributed by atoms with E-state index in [4.69, 9.17) is 21.1 Å². The van der Waals surface area contributed by atoms with Crippen LogP contribution in [0.5, 0.6) is 11.5 Å². The molecule has 1 aliphatic heterocycles. The number of amidine groups is 1. The first-order valence-electron chi connectivity index (χ1n) is 6.31. The lowest BCUT2D eigenvalue weighted by Gasteiger charge is -2.27. The first-order chi connectivity index (χ1) is 9.45. The number of hydrogen-bond donors (Lipinski definition) is 1. The summed E-state index contributed by atoms with van der Waals surface area (Å²) < 4.78 is 10.5. The Hall–Kier alpha value is -1.07. The van der Waals surface area contributed by atoms with Crippen molar-refractivity contribution in [1.82, 2.24) is 0 Å². The Morgan fingerprint density at radius 2 is 1.95 bits per heavy atom. The van der Waals surface area contributed by atoms with Gasteiger partial charge in [0.2, 0.25) is 0 Å². The van der Waals surface area contributed by atoms with E-state index in [1.807, 2.05) is 0 Å². The highest BCUT2D eigenvalue weighted by Gasteiger charge is 2.24. The number of rotatable bonds is 3. The van der Waals surface area contributed by atoms with Crippen LogP contribution in [0.3, 0.4) is 0 Å². The van der Waals surface area contributed by atoms with E-state index in [2.05, 4.69) is 24.2 Å². The van der Waals surface area contributed by atoms with Crippen molar-refractivity contribution in [3.05, 3.63) is 17.2 Å². The highest BCUT2D eigenvalue weighted by Crippen LogP contribution is 2.37. The van der Waals surface area contributed by atoms with Crippen LogP contribution < -0.4 is 14.8 Å². The second-order valence-corrected chi connectivity index (χ2v) is 6.76. The predicted octanol–water partition coefficient (Wildman–Crippen LogP) is 3.90. The summed E-state index contributed by atoms with van der Waals surface area (Å²) in [5, 5.41) is 4.71. The fraction of sp³-hybridized carbons (Fsp3) is 0.500. The molecule has 1 aromatic rings. The zero-order chi connectivity index (χ0) is 14.8. The molecule has 4 nitrogen and oxygen atoms in total. The first kappa shape index (κ1) is 15.3. The molecule has 0 saturated carbocycles. The van der Waals surface area contributed by atoms with Gasteiger partial charge in [0.1, 0.15) is 11.5 Å². The highest BCUT2D eigenvalue weighted by atomic mass is 35.5. The zero-order valence-corrected chi connectivity index (χ0v) is 13.7. The molecule has 1 aliphatic rings. The van der Waals surface area contributed by atoms with Gasteiger partial charge in [-0.15, -0.1) is 0 Å². The van der Waals surface area contributed by atoms with Crippen molar-refractivity contribution in [2.75, 3.05) is 31.8 Å². The standard InChI is InChI=1S/C14H19ClN2O2S/c1-14(2)7-16-13(20-8-14)17-10-5-9(15)11(18-3)6-12(10)19-4/h5-6H,7-8H2,1-4H3,(H,16,17). The number of nitrogens with one attached hydrogen (secondary N) is 1. The average Bonchev–Trinajstić information content (AvgIpc) is 2.41. The number of methoxy groups -OCH3 is 2. The second kappa shape index (κ2) is 6.14. The van der Waals surface area contributed by atoms with Gasteiger partial charge in [-0.05, 0) is 11.5 Å². The van der Waals surface area contributed by atoms with Crippen molar-refractivity contribution in [3.63, 3.8) is 0 Å². The monoisotopic (exact) mass is 314 g/mol. The van der Waals surface area contributed by atoms with Crippen molar-refractivity contribution in [3.8, 4) is 11.5 Å². The minimum atomic E-state index is 0.248. The third-order valence-corrected chi connectivity index (χ3v) is 4.69. The fourth-order valence-electron chi connectivity index (χ4n) is 1.79. The molecule has 1 N–H and O–H groups in total. The van der Waals surface area contributed by atoms with Gasteiger partial charge in [-0.25, -0.2) is 0 Å². The van der Waals surface area contributed by atoms with E-state index in [9.17, 15) is 0 Å². The molecule has 0 bridgehead atoms. The van der Waals surface area contributed by atoms with Crippen LogP contribution in [0, 0.1) is 5.41 Å². The van der Waals surface area contributed by atoms with Gasteiger partial charge in [0.25, 0.3) is 0 Å². The molecule has 0 saturated heterocycles. The molecule has 20 heavy (non-hydrogen) atoms. The van der Waals surface area contributed by atoms with Gasteiger partial charge in [0, 0.05) is 18.4 Å². The zero-order valence-electron chi connectivity index (χ0n) is 12.1. The van der Waals surface area contributed by atoms with E-state index in [0.29, 0.717) is 16.5 Å². The fourth-order valence-corrected chi connectivity index (χ4v) is 2.99. The van der Waals surface area contributed by atoms with Crippen LogP contribution >= 0.6 is 23.4 Å². The molecule has 0 unspecified atom stereocenters. The van der Waals surface area contributed by atoms with Gasteiger partial charge in [-0.2, -0.15) is 0 Å². The number of benzene rings is 1.